The number of aryl methyl sites for hydroxylation is 1. The molecule has 3 aromatic rings. The minimum atomic E-state index is -0.689. The molecule has 1 atom stereocenters. The zero-order chi connectivity index (χ0) is 23.4. The van der Waals surface area contributed by atoms with E-state index in [1.54, 1.807) is 19.2 Å². The number of ether oxygens (including phenoxy) is 2. The number of amides is 1. The zero-order valence-corrected chi connectivity index (χ0v) is 19.3. The summed E-state index contributed by atoms with van der Waals surface area (Å²) < 4.78 is 11.0. The van der Waals surface area contributed by atoms with E-state index in [2.05, 4.69) is 0 Å². The summed E-state index contributed by atoms with van der Waals surface area (Å²) >= 11 is 1.44. The summed E-state index contributed by atoms with van der Waals surface area (Å²) in [5, 5.41) is 13.1. The van der Waals surface area contributed by atoms with Gasteiger partial charge in [0.05, 0.1) is 18.2 Å². The number of Topliss-reactive ketones (excluding diaryl/α,β-unsaturated/α-hetero) is 1. The summed E-state index contributed by atoms with van der Waals surface area (Å²) in [4.78, 5) is 28.0. The summed E-state index contributed by atoms with van der Waals surface area (Å²) in [6.45, 7) is 2.81. The minimum absolute atomic E-state index is 0.0969. The van der Waals surface area contributed by atoms with Gasteiger partial charge in [-0.3, -0.25) is 9.59 Å². The van der Waals surface area contributed by atoms with Gasteiger partial charge in [-0.2, -0.15) is 0 Å². The fourth-order valence-electron chi connectivity index (χ4n) is 3.92. The Morgan fingerprint density at radius 2 is 1.88 bits per heavy atom. The van der Waals surface area contributed by atoms with Gasteiger partial charge in [0.2, 0.25) is 0 Å². The van der Waals surface area contributed by atoms with E-state index in [1.165, 1.54) is 16.2 Å². The first kappa shape index (κ1) is 22.8. The van der Waals surface area contributed by atoms with Crippen LogP contribution < -0.4 is 4.74 Å². The molecular formula is C26H25NO5S. The highest BCUT2D eigenvalue weighted by molar-refractivity contribution is 7.10. The van der Waals surface area contributed by atoms with E-state index >= 15 is 0 Å². The standard InChI is InChI=1S/C26H25NO5S/c1-17-15-19(32-16-18-7-4-3-5-8-18)10-11-20(17)24(28)22-23(21-9-6-14-33-21)27(12-13-31-2)26(30)25(22)29/h3-11,14-15,23,28H,12-13,16H2,1-2H3/b24-22+/t23-/m0/s1. The van der Waals surface area contributed by atoms with Crippen LogP contribution in [0, 0.1) is 6.92 Å². The van der Waals surface area contributed by atoms with Gasteiger partial charge in [0.25, 0.3) is 11.7 Å². The predicted molar refractivity (Wildman–Crippen MR) is 127 cm³/mol. The van der Waals surface area contributed by atoms with Crippen LogP contribution in [0.4, 0.5) is 0 Å². The first-order valence-electron chi connectivity index (χ1n) is 10.6. The number of aliphatic hydroxyl groups excluding tert-OH is 1. The Balaban J connectivity index is 1.66. The molecule has 6 nitrogen and oxygen atoms in total. The van der Waals surface area contributed by atoms with Crippen LogP contribution >= 0.6 is 11.3 Å². The number of hydrogen-bond acceptors (Lipinski definition) is 6. The number of carbonyl (C=O) groups is 2. The second-order valence-electron chi connectivity index (χ2n) is 7.75. The van der Waals surface area contributed by atoms with E-state index in [-0.39, 0.29) is 17.9 Å². The molecule has 0 bridgehead atoms. The zero-order valence-electron chi connectivity index (χ0n) is 18.5. The average Bonchev–Trinajstić information content (AvgIpc) is 3.44. The van der Waals surface area contributed by atoms with Crippen LogP contribution in [0.2, 0.25) is 0 Å². The van der Waals surface area contributed by atoms with Crippen molar-refractivity contribution in [2.45, 2.75) is 19.6 Å². The predicted octanol–water partition coefficient (Wildman–Crippen LogP) is 4.70. The molecule has 4 rings (SSSR count). The molecule has 0 radical (unpaired) electrons. The topological polar surface area (TPSA) is 76.1 Å². The van der Waals surface area contributed by atoms with Crippen molar-refractivity contribution in [1.29, 1.82) is 0 Å². The van der Waals surface area contributed by atoms with Crippen LogP contribution in [0.15, 0.2) is 71.6 Å². The first-order chi connectivity index (χ1) is 16.0. The maximum absolute atomic E-state index is 13.0. The van der Waals surface area contributed by atoms with E-state index in [9.17, 15) is 14.7 Å². The van der Waals surface area contributed by atoms with Crippen LogP contribution in [0.25, 0.3) is 5.76 Å². The molecule has 0 aliphatic carbocycles. The van der Waals surface area contributed by atoms with Crippen LogP contribution in [-0.4, -0.2) is 42.0 Å². The average molecular weight is 464 g/mol. The van der Waals surface area contributed by atoms with Crippen LogP contribution in [0.1, 0.15) is 27.6 Å². The molecular weight excluding hydrogens is 438 g/mol. The SMILES string of the molecule is COCCN1C(=O)C(=O)/C(=C(/O)c2ccc(OCc3ccccc3)cc2C)[C@@H]1c1cccs1. The lowest BCUT2D eigenvalue weighted by Crippen LogP contribution is -2.32. The quantitative estimate of drug-likeness (QED) is 0.298. The molecule has 1 amide bonds. The molecule has 1 N–H and O–H groups in total. The number of rotatable bonds is 8. The third kappa shape index (κ3) is 4.69. The molecule has 1 aromatic heterocycles. The highest BCUT2D eigenvalue weighted by Crippen LogP contribution is 2.41. The number of thiophene rings is 1. The normalized spacial score (nSPS) is 17.5. The lowest BCUT2D eigenvalue weighted by molar-refractivity contribution is -0.140. The Labute approximate surface area is 196 Å². The van der Waals surface area contributed by atoms with Crippen molar-refractivity contribution in [1.82, 2.24) is 4.90 Å². The molecule has 1 fully saturated rings. The Hall–Kier alpha value is -3.42. The highest BCUT2D eigenvalue weighted by Gasteiger charge is 2.46. The van der Waals surface area contributed by atoms with Gasteiger partial charge >= 0.3 is 0 Å². The van der Waals surface area contributed by atoms with Crippen molar-refractivity contribution < 1.29 is 24.2 Å². The number of methoxy groups -OCH3 is 1. The van der Waals surface area contributed by atoms with Gasteiger partial charge < -0.3 is 19.5 Å². The molecule has 0 spiro atoms. The van der Waals surface area contributed by atoms with Crippen molar-refractivity contribution in [2.24, 2.45) is 0 Å². The van der Waals surface area contributed by atoms with Crippen LogP contribution in [0.3, 0.4) is 0 Å². The molecule has 2 heterocycles. The van der Waals surface area contributed by atoms with E-state index in [1.807, 2.05) is 60.8 Å². The number of benzene rings is 2. The lowest BCUT2D eigenvalue weighted by Gasteiger charge is -2.23. The smallest absolute Gasteiger partial charge is 0.295 e. The summed E-state index contributed by atoms with van der Waals surface area (Å²) in [5.41, 5.74) is 2.38. The monoisotopic (exact) mass is 463 g/mol. The number of aliphatic hydroxyl groups is 1. The van der Waals surface area contributed by atoms with Crippen molar-refractivity contribution in [2.75, 3.05) is 20.3 Å². The molecule has 0 unspecified atom stereocenters. The molecule has 2 aromatic carbocycles. The maximum atomic E-state index is 13.0. The van der Waals surface area contributed by atoms with Crippen molar-refractivity contribution in [3.05, 3.63) is 93.2 Å². The van der Waals surface area contributed by atoms with Gasteiger partial charge in [-0.1, -0.05) is 36.4 Å². The summed E-state index contributed by atoms with van der Waals surface area (Å²) in [6, 6.07) is 18.2. The molecule has 7 heteroatoms. The van der Waals surface area contributed by atoms with Gasteiger partial charge in [0, 0.05) is 24.1 Å². The van der Waals surface area contributed by atoms with Crippen molar-refractivity contribution in [3.63, 3.8) is 0 Å². The van der Waals surface area contributed by atoms with Gasteiger partial charge in [-0.25, -0.2) is 0 Å². The number of likely N-dealkylation sites (tertiary alicyclic amines) is 1. The fourth-order valence-corrected chi connectivity index (χ4v) is 4.77. The fraction of sp³-hybridized carbons (Fsp3) is 0.231. The van der Waals surface area contributed by atoms with E-state index in [0.29, 0.717) is 24.5 Å². The number of carbonyl (C=O) groups excluding carboxylic acids is 2. The van der Waals surface area contributed by atoms with Crippen LogP contribution in [0.5, 0.6) is 5.75 Å². The second-order valence-corrected chi connectivity index (χ2v) is 8.73. The third-order valence-electron chi connectivity index (χ3n) is 5.59. The largest absolute Gasteiger partial charge is 0.507 e. The van der Waals surface area contributed by atoms with E-state index in [0.717, 1.165) is 16.0 Å². The molecule has 1 aliphatic rings. The first-order valence-corrected chi connectivity index (χ1v) is 11.5. The van der Waals surface area contributed by atoms with Gasteiger partial charge in [0.15, 0.2) is 0 Å². The lowest BCUT2D eigenvalue weighted by atomic mass is 9.97. The Bertz CT molecular complexity index is 1170. The second kappa shape index (κ2) is 10.0. The molecule has 33 heavy (non-hydrogen) atoms. The molecule has 1 saturated heterocycles. The van der Waals surface area contributed by atoms with E-state index < -0.39 is 17.7 Å². The molecule has 170 valence electrons. The number of nitrogens with zero attached hydrogens (tertiary/aromatic N) is 1. The molecule has 1 aliphatic heterocycles. The van der Waals surface area contributed by atoms with Gasteiger partial charge in [-0.05, 0) is 47.7 Å². The highest BCUT2D eigenvalue weighted by atomic mass is 32.1. The third-order valence-corrected chi connectivity index (χ3v) is 6.52. The Morgan fingerprint density at radius 1 is 1.09 bits per heavy atom. The Morgan fingerprint density at radius 3 is 2.55 bits per heavy atom. The minimum Gasteiger partial charge on any atom is -0.507 e. The number of ketones is 1. The van der Waals surface area contributed by atoms with Crippen molar-refractivity contribution >= 4 is 28.8 Å². The summed E-state index contributed by atoms with van der Waals surface area (Å²) in [6.07, 6.45) is 0. The molecule has 0 saturated carbocycles. The maximum Gasteiger partial charge on any atom is 0.295 e. The summed E-state index contributed by atoms with van der Waals surface area (Å²) in [5.74, 6) is -0.847. The van der Waals surface area contributed by atoms with E-state index in [4.69, 9.17) is 9.47 Å². The van der Waals surface area contributed by atoms with Crippen LogP contribution in [-0.2, 0) is 20.9 Å². The number of hydrogen-bond donors (Lipinski definition) is 1. The van der Waals surface area contributed by atoms with Crippen molar-refractivity contribution in [3.8, 4) is 5.75 Å². The van der Waals surface area contributed by atoms with Gasteiger partial charge in [0.1, 0.15) is 18.1 Å². The van der Waals surface area contributed by atoms with Gasteiger partial charge in [-0.15, -0.1) is 11.3 Å². The summed E-state index contributed by atoms with van der Waals surface area (Å²) in [7, 11) is 1.54. The Kier molecular flexibility index (Phi) is 6.91.